The lowest BCUT2D eigenvalue weighted by Gasteiger charge is -2.46. The van der Waals surface area contributed by atoms with Crippen LogP contribution in [0.2, 0.25) is 0 Å². The Kier molecular flexibility index (Phi) is 4.37. The van der Waals surface area contributed by atoms with Crippen molar-refractivity contribution >= 4 is 11.0 Å². The highest BCUT2D eigenvalue weighted by Gasteiger charge is 2.40. The van der Waals surface area contributed by atoms with Crippen LogP contribution in [0.15, 0.2) is 51.7 Å². The van der Waals surface area contributed by atoms with Crippen molar-refractivity contribution in [3.8, 4) is 0 Å². The molecule has 5 nitrogen and oxygen atoms in total. The summed E-state index contributed by atoms with van der Waals surface area (Å²) < 4.78 is 7.93. The average Bonchev–Trinajstić information content (AvgIpc) is 3.07. The topological polar surface area (TPSA) is 58.6 Å². The van der Waals surface area contributed by atoms with E-state index in [1.165, 1.54) is 10.9 Å². The summed E-state index contributed by atoms with van der Waals surface area (Å²) in [4.78, 5) is 14.9. The van der Waals surface area contributed by atoms with E-state index in [4.69, 9.17) is 4.42 Å². The smallest absolute Gasteiger partial charge is 0.251 e. The SMILES string of the molecule is CCc1oc2ccccc2c1CN1C[C@H]2C[C@@H](C1)[C@H](CO)n1c2cccc1=O. The van der Waals surface area contributed by atoms with E-state index < -0.39 is 0 Å². The number of hydrogen-bond acceptors (Lipinski definition) is 4. The third kappa shape index (κ3) is 2.73. The van der Waals surface area contributed by atoms with Gasteiger partial charge in [-0.1, -0.05) is 31.2 Å². The van der Waals surface area contributed by atoms with Crippen LogP contribution >= 0.6 is 0 Å². The molecule has 3 atom stereocenters. The Hall–Kier alpha value is -2.37. The second-order valence-electron chi connectivity index (χ2n) is 8.15. The lowest BCUT2D eigenvalue weighted by molar-refractivity contribution is 0.0580. The maximum atomic E-state index is 12.5. The Morgan fingerprint density at radius 1 is 1.14 bits per heavy atom. The first-order valence-electron chi connectivity index (χ1n) is 10.2. The van der Waals surface area contributed by atoms with E-state index in [9.17, 15) is 9.90 Å². The number of benzene rings is 1. The van der Waals surface area contributed by atoms with Crippen LogP contribution in [0.5, 0.6) is 0 Å². The van der Waals surface area contributed by atoms with Crippen molar-refractivity contribution in [3.63, 3.8) is 0 Å². The monoisotopic (exact) mass is 378 g/mol. The number of aromatic nitrogens is 1. The molecule has 28 heavy (non-hydrogen) atoms. The number of aliphatic hydroxyl groups excluding tert-OH is 1. The van der Waals surface area contributed by atoms with Gasteiger partial charge in [0.25, 0.3) is 5.56 Å². The number of fused-ring (bicyclic) bond motifs is 5. The summed E-state index contributed by atoms with van der Waals surface area (Å²) in [6.07, 6.45) is 1.92. The Morgan fingerprint density at radius 2 is 2.00 bits per heavy atom. The van der Waals surface area contributed by atoms with Gasteiger partial charge in [-0.3, -0.25) is 9.69 Å². The van der Waals surface area contributed by atoms with Crippen LogP contribution in [0.1, 0.15) is 42.3 Å². The van der Waals surface area contributed by atoms with Gasteiger partial charge in [-0.15, -0.1) is 0 Å². The van der Waals surface area contributed by atoms with E-state index in [0.717, 1.165) is 49.5 Å². The van der Waals surface area contributed by atoms with Gasteiger partial charge >= 0.3 is 0 Å². The van der Waals surface area contributed by atoms with Gasteiger partial charge < -0.3 is 14.1 Å². The highest BCUT2D eigenvalue weighted by atomic mass is 16.3. The minimum absolute atomic E-state index is 0.00815. The molecule has 1 saturated heterocycles. The van der Waals surface area contributed by atoms with Crippen LogP contribution in [0, 0.1) is 5.92 Å². The Labute approximate surface area is 164 Å². The molecule has 1 N–H and O–H groups in total. The van der Waals surface area contributed by atoms with Crippen molar-refractivity contribution in [1.82, 2.24) is 9.47 Å². The largest absolute Gasteiger partial charge is 0.461 e. The summed E-state index contributed by atoms with van der Waals surface area (Å²) >= 11 is 0. The number of likely N-dealkylation sites (tertiary alicyclic amines) is 1. The number of rotatable bonds is 4. The number of hydrogen-bond donors (Lipinski definition) is 1. The van der Waals surface area contributed by atoms with Crippen LogP contribution in [0.25, 0.3) is 11.0 Å². The van der Waals surface area contributed by atoms with Gasteiger partial charge in [0.15, 0.2) is 0 Å². The fraction of sp³-hybridized carbons (Fsp3) is 0.435. The lowest BCUT2D eigenvalue weighted by atomic mass is 9.78. The maximum Gasteiger partial charge on any atom is 0.251 e. The molecule has 0 amide bonds. The number of para-hydroxylation sites is 1. The second-order valence-corrected chi connectivity index (χ2v) is 8.15. The van der Waals surface area contributed by atoms with E-state index in [2.05, 4.69) is 30.0 Å². The summed E-state index contributed by atoms with van der Waals surface area (Å²) in [5.74, 6) is 1.69. The molecule has 5 heteroatoms. The summed E-state index contributed by atoms with van der Waals surface area (Å²) in [5.41, 5.74) is 3.31. The van der Waals surface area contributed by atoms with Crippen molar-refractivity contribution in [2.24, 2.45) is 5.92 Å². The first-order valence-corrected chi connectivity index (χ1v) is 10.2. The Morgan fingerprint density at radius 3 is 2.82 bits per heavy atom. The van der Waals surface area contributed by atoms with E-state index in [1.807, 2.05) is 22.8 Å². The summed E-state index contributed by atoms with van der Waals surface area (Å²) in [6.45, 7) is 4.82. The Balaban J connectivity index is 1.50. The molecule has 2 aliphatic rings. The first kappa shape index (κ1) is 17.7. The molecule has 0 radical (unpaired) electrons. The molecule has 0 unspecified atom stereocenters. The average molecular weight is 378 g/mol. The van der Waals surface area contributed by atoms with Crippen molar-refractivity contribution in [2.75, 3.05) is 19.7 Å². The third-order valence-electron chi connectivity index (χ3n) is 6.55. The highest BCUT2D eigenvalue weighted by molar-refractivity contribution is 5.82. The number of pyridine rings is 1. The van der Waals surface area contributed by atoms with Gasteiger partial charge in [-0.2, -0.15) is 0 Å². The zero-order valence-corrected chi connectivity index (χ0v) is 16.2. The second kappa shape index (κ2) is 6.90. The van der Waals surface area contributed by atoms with Crippen molar-refractivity contribution in [2.45, 2.75) is 38.3 Å². The van der Waals surface area contributed by atoms with Crippen molar-refractivity contribution < 1.29 is 9.52 Å². The van der Waals surface area contributed by atoms with Gasteiger partial charge in [0.2, 0.25) is 0 Å². The summed E-state index contributed by atoms with van der Waals surface area (Å²) in [7, 11) is 0. The van der Waals surface area contributed by atoms with E-state index >= 15 is 0 Å². The molecule has 0 aliphatic carbocycles. The molecule has 1 fully saturated rings. The molecule has 5 rings (SSSR count). The number of aliphatic hydroxyl groups is 1. The van der Waals surface area contributed by atoms with E-state index in [-0.39, 0.29) is 18.2 Å². The normalized spacial score (nSPS) is 24.4. The molecule has 0 spiro atoms. The standard InChI is InChI=1S/C23H26N2O3/c1-2-21-18(17-6-3-4-8-22(17)28-21)13-24-11-15-10-16(12-24)20(14-26)25-19(15)7-5-9-23(25)27/h3-9,15-16,20,26H,2,10-14H2,1H3/t15-,16+,20+/m1/s1. The zero-order valence-electron chi connectivity index (χ0n) is 16.2. The Bertz CT molecular complexity index is 1070. The van der Waals surface area contributed by atoms with Crippen LogP contribution in [0.3, 0.4) is 0 Å². The third-order valence-corrected chi connectivity index (χ3v) is 6.55. The molecular formula is C23H26N2O3. The quantitative estimate of drug-likeness (QED) is 0.757. The number of furan rings is 1. The maximum absolute atomic E-state index is 12.5. The molecule has 3 aromatic rings. The molecule has 1 aromatic carbocycles. The van der Waals surface area contributed by atoms with Crippen molar-refractivity contribution in [1.29, 1.82) is 0 Å². The predicted molar refractivity (Wildman–Crippen MR) is 109 cm³/mol. The van der Waals surface area contributed by atoms with Gasteiger partial charge in [-0.25, -0.2) is 0 Å². The number of piperidine rings is 1. The fourth-order valence-corrected chi connectivity index (χ4v) is 5.33. The van der Waals surface area contributed by atoms with Crippen LogP contribution in [0.4, 0.5) is 0 Å². The van der Waals surface area contributed by atoms with Gasteiger partial charge in [0.1, 0.15) is 11.3 Å². The molecular weight excluding hydrogens is 352 g/mol. The van der Waals surface area contributed by atoms with Gasteiger partial charge in [-0.05, 0) is 24.5 Å². The van der Waals surface area contributed by atoms with E-state index in [1.54, 1.807) is 6.07 Å². The summed E-state index contributed by atoms with van der Waals surface area (Å²) in [6, 6.07) is 13.6. The highest BCUT2D eigenvalue weighted by Crippen LogP contribution is 2.41. The molecule has 146 valence electrons. The van der Waals surface area contributed by atoms with Gasteiger partial charge in [0, 0.05) is 54.7 Å². The minimum atomic E-state index is -0.130. The first-order chi connectivity index (χ1) is 13.7. The predicted octanol–water partition coefficient (Wildman–Crippen LogP) is 3.31. The lowest BCUT2D eigenvalue weighted by Crippen LogP contribution is -2.50. The fourth-order valence-electron chi connectivity index (χ4n) is 5.33. The molecule has 2 aromatic heterocycles. The van der Waals surface area contributed by atoms with Crippen LogP contribution < -0.4 is 5.56 Å². The van der Waals surface area contributed by atoms with Crippen LogP contribution in [-0.2, 0) is 13.0 Å². The molecule has 2 bridgehead atoms. The zero-order chi connectivity index (χ0) is 19.3. The van der Waals surface area contributed by atoms with Crippen molar-refractivity contribution in [3.05, 3.63) is 69.8 Å². The van der Waals surface area contributed by atoms with Gasteiger partial charge in [0.05, 0.1) is 12.6 Å². The number of nitrogens with zero attached hydrogens (tertiary/aromatic N) is 2. The van der Waals surface area contributed by atoms with Crippen LogP contribution in [-0.4, -0.2) is 34.3 Å². The summed E-state index contributed by atoms with van der Waals surface area (Å²) in [5, 5.41) is 11.2. The van der Waals surface area contributed by atoms with E-state index in [0.29, 0.717) is 11.8 Å². The molecule has 2 aliphatic heterocycles. The number of aryl methyl sites for hydroxylation is 1. The molecule has 0 saturated carbocycles. The molecule has 4 heterocycles. The minimum Gasteiger partial charge on any atom is -0.461 e.